The van der Waals surface area contributed by atoms with Crippen LogP contribution in [0.5, 0.6) is 5.75 Å². The van der Waals surface area contributed by atoms with Gasteiger partial charge in [0.1, 0.15) is 5.60 Å². The number of guanidine groups is 1. The van der Waals surface area contributed by atoms with Gasteiger partial charge in [0.05, 0.1) is 13.2 Å². The normalized spacial score (nSPS) is 14.7. The maximum Gasteiger partial charge on any atom is 0.410 e. The van der Waals surface area contributed by atoms with Crippen LogP contribution in [0.25, 0.3) is 0 Å². The summed E-state index contributed by atoms with van der Waals surface area (Å²) in [5.74, 6) is 0.407. The number of carbonyl (C=O) groups is 1. The lowest BCUT2D eigenvalue weighted by atomic mass is 10.1. The number of carbonyl (C=O) groups excluding carboxylic acids is 1. The van der Waals surface area contributed by atoms with E-state index >= 15 is 0 Å². The minimum atomic E-state index is -0.499. The van der Waals surface area contributed by atoms with Crippen LogP contribution in [0.15, 0.2) is 23.2 Å². The number of rotatable bonds is 4. The number of methoxy groups -OCH3 is 1. The molecule has 2 N–H and O–H groups in total. The Bertz CT molecular complexity index is 673. The molecule has 0 unspecified atom stereocenters. The Morgan fingerprint density at radius 1 is 1.37 bits per heavy atom. The zero-order chi connectivity index (χ0) is 19.3. The minimum Gasteiger partial charge on any atom is -0.494 e. The van der Waals surface area contributed by atoms with Gasteiger partial charge in [0.25, 0.3) is 0 Å². The Morgan fingerprint density at radius 3 is 2.56 bits per heavy atom. The van der Waals surface area contributed by atoms with Crippen molar-refractivity contribution >= 4 is 36.0 Å². The predicted molar refractivity (Wildman–Crippen MR) is 113 cm³/mol. The lowest BCUT2D eigenvalue weighted by Gasteiger charge is -2.40. The molecule has 1 saturated heterocycles. The summed E-state index contributed by atoms with van der Waals surface area (Å²) in [6, 6.07) is 4.90. The summed E-state index contributed by atoms with van der Waals surface area (Å²) in [4.78, 5) is 17.7. The van der Waals surface area contributed by atoms with Crippen molar-refractivity contribution in [3.8, 4) is 5.75 Å². The first-order valence-corrected chi connectivity index (χ1v) is 8.49. The molecule has 1 aromatic carbocycles. The van der Waals surface area contributed by atoms with Crippen LogP contribution in [-0.4, -0.2) is 55.8 Å². The Hall–Kier alpha value is -1.78. The Morgan fingerprint density at radius 2 is 2.04 bits per heavy atom. The third kappa shape index (κ3) is 7.04. The van der Waals surface area contributed by atoms with Crippen molar-refractivity contribution in [1.29, 1.82) is 0 Å². The lowest BCUT2D eigenvalue weighted by molar-refractivity contribution is 0.00701. The average Bonchev–Trinajstić information content (AvgIpc) is 2.51. The smallest absolute Gasteiger partial charge is 0.410 e. The number of aliphatic imine (C=N–C) groups is 1. The van der Waals surface area contributed by atoms with Crippen LogP contribution in [0.3, 0.4) is 0 Å². The third-order valence-electron chi connectivity index (χ3n) is 3.77. The molecule has 0 aromatic heterocycles. The zero-order valence-corrected chi connectivity index (χ0v) is 18.7. The monoisotopic (exact) mass is 494 g/mol. The average molecular weight is 494 g/mol. The molecule has 7 nitrogen and oxygen atoms in total. The summed E-state index contributed by atoms with van der Waals surface area (Å²) in [6.45, 7) is 7.04. The molecule has 27 heavy (non-hydrogen) atoms. The van der Waals surface area contributed by atoms with E-state index < -0.39 is 11.4 Å². The van der Waals surface area contributed by atoms with Crippen LogP contribution in [-0.2, 0) is 11.3 Å². The van der Waals surface area contributed by atoms with Crippen molar-refractivity contribution in [2.24, 2.45) is 4.99 Å². The van der Waals surface area contributed by atoms with Crippen molar-refractivity contribution in [1.82, 2.24) is 15.5 Å². The molecule has 0 spiro atoms. The van der Waals surface area contributed by atoms with E-state index in [2.05, 4.69) is 15.6 Å². The second-order valence-electron chi connectivity index (χ2n) is 7.12. The van der Waals surface area contributed by atoms with E-state index in [4.69, 9.17) is 9.47 Å². The zero-order valence-electron chi connectivity index (χ0n) is 16.3. The highest BCUT2D eigenvalue weighted by Crippen LogP contribution is 2.18. The predicted octanol–water partition coefficient (Wildman–Crippen LogP) is 2.74. The number of amides is 1. The molecule has 1 heterocycles. The fraction of sp³-hybridized carbons (Fsp3) is 0.556. The SMILES string of the molecule is CN=C(NCc1ccc(OC)c(F)c1)NC1CN(C(=O)OC(C)(C)C)C1.I. The summed E-state index contributed by atoms with van der Waals surface area (Å²) < 4.78 is 24.0. The number of benzene rings is 1. The first-order chi connectivity index (χ1) is 12.2. The molecule has 0 bridgehead atoms. The van der Waals surface area contributed by atoms with Crippen LogP contribution < -0.4 is 15.4 Å². The van der Waals surface area contributed by atoms with Crippen molar-refractivity contribution in [2.75, 3.05) is 27.2 Å². The Labute approximate surface area is 176 Å². The summed E-state index contributed by atoms with van der Waals surface area (Å²) in [5, 5.41) is 6.36. The first kappa shape index (κ1) is 23.3. The molecule has 0 atom stereocenters. The van der Waals surface area contributed by atoms with Crippen LogP contribution in [0.2, 0.25) is 0 Å². The summed E-state index contributed by atoms with van der Waals surface area (Å²) in [6.07, 6.45) is -0.313. The fourth-order valence-corrected chi connectivity index (χ4v) is 2.44. The first-order valence-electron chi connectivity index (χ1n) is 8.49. The molecule has 1 fully saturated rings. The number of hydrogen-bond acceptors (Lipinski definition) is 4. The van der Waals surface area contributed by atoms with Crippen LogP contribution >= 0.6 is 24.0 Å². The molecule has 2 rings (SSSR count). The highest BCUT2D eigenvalue weighted by molar-refractivity contribution is 14.0. The molecule has 1 aliphatic heterocycles. The van der Waals surface area contributed by atoms with Gasteiger partial charge in [0.2, 0.25) is 0 Å². The summed E-state index contributed by atoms with van der Waals surface area (Å²) in [7, 11) is 3.09. The van der Waals surface area contributed by atoms with E-state index in [0.29, 0.717) is 25.6 Å². The van der Waals surface area contributed by atoms with Crippen LogP contribution in [0.4, 0.5) is 9.18 Å². The second-order valence-corrected chi connectivity index (χ2v) is 7.12. The number of halogens is 2. The van der Waals surface area contributed by atoms with Gasteiger partial charge >= 0.3 is 6.09 Å². The van der Waals surface area contributed by atoms with Crippen LogP contribution in [0.1, 0.15) is 26.3 Å². The Kier molecular flexibility index (Phi) is 8.58. The highest BCUT2D eigenvalue weighted by atomic mass is 127. The summed E-state index contributed by atoms with van der Waals surface area (Å²) >= 11 is 0. The van der Waals surface area contributed by atoms with Gasteiger partial charge in [-0.15, -0.1) is 24.0 Å². The van der Waals surface area contributed by atoms with Gasteiger partial charge < -0.3 is 25.0 Å². The number of likely N-dealkylation sites (tertiary alicyclic amines) is 1. The molecular weight excluding hydrogens is 466 g/mol. The van der Waals surface area contributed by atoms with E-state index in [1.807, 2.05) is 20.8 Å². The lowest BCUT2D eigenvalue weighted by Crippen LogP contribution is -2.63. The van der Waals surface area contributed by atoms with E-state index in [0.717, 1.165) is 5.56 Å². The molecule has 1 aromatic rings. The van der Waals surface area contributed by atoms with Crippen molar-refractivity contribution in [2.45, 2.75) is 39.0 Å². The molecule has 0 saturated carbocycles. The standard InChI is InChI=1S/C18H27FN4O3.HI/c1-18(2,3)26-17(24)23-10-13(11-23)22-16(20-4)21-9-12-6-7-15(25-5)14(19)8-12;/h6-8,13H,9-11H2,1-5H3,(H2,20,21,22);1H. The van der Waals surface area contributed by atoms with Gasteiger partial charge in [-0.25, -0.2) is 9.18 Å². The minimum absolute atomic E-state index is 0. The number of ether oxygens (including phenoxy) is 2. The molecule has 1 amide bonds. The fourth-order valence-electron chi connectivity index (χ4n) is 2.44. The van der Waals surface area contributed by atoms with Crippen molar-refractivity contribution in [3.63, 3.8) is 0 Å². The number of nitrogens with zero attached hydrogens (tertiary/aromatic N) is 2. The van der Waals surface area contributed by atoms with E-state index in [-0.39, 0.29) is 41.9 Å². The van der Waals surface area contributed by atoms with E-state index in [1.54, 1.807) is 24.1 Å². The maximum atomic E-state index is 13.7. The number of hydrogen-bond donors (Lipinski definition) is 2. The van der Waals surface area contributed by atoms with Gasteiger partial charge in [-0.05, 0) is 38.5 Å². The van der Waals surface area contributed by atoms with Gasteiger partial charge in [0, 0.05) is 26.7 Å². The maximum absolute atomic E-state index is 13.7. The molecular formula is C18H28FIN4O3. The second kappa shape index (κ2) is 9.95. The van der Waals surface area contributed by atoms with E-state index in [1.165, 1.54) is 13.2 Å². The number of nitrogens with one attached hydrogen (secondary N) is 2. The topological polar surface area (TPSA) is 75.2 Å². The molecule has 1 aliphatic rings. The van der Waals surface area contributed by atoms with Gasteiger partial charge in [-0.3, -0.25) is 4.99 Å². The molecule has 9 heteroatoms. The van der Waals surface area contributed by atoms with Gasteiger partial charge in [-0.1, -0.05) is 6.07 Å². The Balaban J connectivity index is 0.00000364. The molecule has 0 radical (unpaired) electrons. The van der Waals surface area contributed by atoms with Gasteiger partial charge in [0.15, 0.2) is 17.5 Å². The summed E-state index contributed by atoms with van der Waals surface area (Å²) in [5.41, 5.74) is 0.274. The molecule has 152 valence electrons. The van der Waals surface area contributed by atoms with Crippen LogP contribution in [0, 0.1) is 5.82 Å². The molecule has 0 aliphatic carbocycles. The van der Waals surface area contributed by atoms with Crippen molar-refractivity contribution in [3.05, 3.63) is 29.6 Å². The largest absolute Gasteiger partial charge is 0.494 e. The third-order valence-corrected chi connectivity index (χ3v) is 3.77. The highest BCUT2D eigenvalue weighted by Gasteiger charge is 2.34. The van der Waals surface area contributed by atoms with Crippen molar-refractivity contribution < 1.29 is 18.7 Å². The quantitative estimate of drug-likeness (QED) is 0.383. The van der Waals surface area contributed by atoms with E-state index in [9.17, 15) is 9.18 Å². The van der Waals surface area contributed by atoms with Gasteiger partial charge in [-0.2, -0.15) is 0 Å².